The number of amides is 1. The maximum absolute atomic E-state index is 12.8. The van der Waals surface area contributed by atoms with Gasteiger partial charge in [0.1, 0.15) is 0 Å². The van der Waals surface area contributed by atoms with Crippen LogP contribution in [0.25, 0.3) is 5.69 Å². The van der Waals surface area contributed by atoms with E-state index in [-0.39, 0.29) is 17.2 Å². The highest BCUT2D eigenvalue weighted by Gasteiger charge is 2.35. The van der Waals surface area contributed by atoms with Gasteiger partial charge in [-0.05, 0) is 49.4 Å². The third-order valence-corrected chi connectivity index (χ3v) is 5.90. The monoisotopic (exact) mass is 416 g/mol. The van der Waals surface area contributed by atoms with Gasteiger partial charge in [-0.3, -0.25) is 9.59 Å². The summed E-state index contributed by atoms with van der Waals surface area (Å²) < 4.78 is 1.84. The van der Waals surface area contributed by atoms with Crippen LogP contribution in [0, 0.1) is 12.3 Å². The Morgan fingerprint density at radius 1 is 1.16 bits per heavy atom. The number of nitrogens with two attached hydrogens (primary N) is 1. The van der Waals surface area contributed by atoms with Crippen molar-refractivity contribution in [3.63, 3.8) is 0 Å². The van der Waals surface area contributed by atoms with Crippen molar-refractivity contribution in [2.24, 2.45) is 11.1 Å². The Kier molecular flexibility index (Phi) is 5.17. The fourth-order valence-electron chi connectivity index (χ4n) is 4.41. The molecule has 0 saturated carbocycles. The predicted octanol–water partition coefficient (Wildman–Crippen LogP) is 4.61. The summed E-state index contributed by atoms with van der Waals surface area (Å²) in [5.74, 6) is -0.357. The summed E-state index contributed by atoms with van der Waals surface area (Å²) in [7, 11) is 0. The lowest BCUT2D eigenvalue weighted by Gasteiger charge is -2.29. The molecule has 0 bridgehead atoms. The lowest BCUT2D eigenvalue weighted by Crippen LogP contribution is -2.28. The van der Waals surface area contributed by atoms with E-state index in [0.29, 0.717) is 17.7 Å². The van der Waals surface area contributed by atoms with Crippen LogP contribution in [0.1, 0.15) is 70.9 Å². The van der Waals surface area contributed by atoms with Gasteiger partial charge in [0.2, 0.25) is 0 Å². The second-order valence-electron chi connectivity index (χ2n) is 9.13. The first-order valence-electron chi connectivity index (χ1n) is 10.5. The van der Waals surface area contributed by atoms with Crippen molar-refractivity contribution >= 4 is 17.4 Å². The molecule has 160 valence electrons. The highest BCUT2D eigenvalue weighted by molar-refractivity contribution is 6.00. The molecule has 1 heterocycles. The fraction of sp³-hybridized carbons (Fsp3) is 0.320. The van der Waals surface area contributed by atoms with Crippen LogP contribution in [-0.2, 0) is 6.42 Å². The van der Waals surface area contributed by atoms with Crippen LogP contribution in [0.15, 0.2) is 48.5 Å². The van der Waals surface area contributed by atoms with E-state index < -0.39 is 5.91 Å². The van der Waals surface area contributed by atoms with Gasteiger partial charge in [0.05, 0.1) is 28.2 Å². The predicted molar refractivity (Wildman–Crippen MR) is 122 cm³/mol. The minimum atomic E-state index is -0.496. The average Bonchev–Trinajstić information content (AvgIpc) is 3.03. The molecular weight excluding hydrogens is 388 g/mol. The summed E-state index contributed by atoms with van der Waals surface area (Å²) in [6.45, 7) is 8.12. The summed E-state index contributed by atoms with van der Waals surface area (Å²) in [5.41, 5.74) is 10.9. The zero-order valence-corrected chi connectivity index (χ0v) is 18.4. The number of benzene rings is 2. The van der Waals surface area contributed by atoms with Crippen LogP contribution in [-0.4, -0.2) is 21.5 Å². The second kappa shape index (κ2) is 7.69. The number of aryl methyl sites for hydroxylation is 1. The summed E-state index contributed by atoms with van der Waals surface area (Å²) in [4.78, 5) is 24.8. The molecule has 2 aromatic carbocycles. The summed E-state index contributed by atoms with van der Waals surface area (Å²) in [5, 5.41) is 8.10. The number of Topliss-reactive ketones (excluding diaryl/α,β-unsaturated/α-hetero) is 1. The number of rotatable bonds is 5. The Balaban J connectivity index is 1.78. The van der Waals surface area contributed by atoms with E-state index in [1.165, 1.54) is 0 Å². The first kappa shape index (κ1) is 20.8. The number of carbonyl (C=O) groups excluding carboxylic acids is 2. The number of hydrogen-bond acceptors (Lipinski definition) is 4. The Morgan fingerprint density at radius 3 is 2.55 bits per heavy atom. The molecule has 1 atom stereocenters. The van der Waals surface area contributed by atoms with Gasteiger partial charge >= 0.3 is 0 Å². The third-order valence-electron chi connectivity index (χ3n) is 5.90. The quantitative estimate of drug-likeness (QED) is 0.636. The number of carbonyl (C=O) groups is 2. The molecule has 0 saturated heterocycles. The first-order chi connectivity index (χ1) is 14.7. The number of nitrogens with one attached hydrogen (secondary N) is 1. The van der Waals surface area contributed by atoms with Gasteiger partial charge in [-0.1, -0.05) is 44.2 Å². The van der Waals surface area contributed by atoms with E-state index >= 15 is 0 Å². The number of fused-ring (bicyclic) bond motifs is 1. The second-order valence-corrected chi connectivity index (χ2v) is 9.13. The van der Waals surface area contributed by atoms with Crippen molar-refractivity contribution in [2.45, 2.75) is 46.6 Å². The summed E-state index contributed by atoms with van der Waals surface area (Å²) in [6.07, 6.45) is 1.28. The van der Waals surface area contributed by atoms with Crippen molar-refractivity contribution in [3.05, 3.63) is 76.6 Å². The van der Waals surface area contributed by atoms with Crippen molar-refractivity contribution in [3.8, 4) is 5.69 Å². The number of anilines is 1. The van der Waals surface area contributed by atoms with Crippen molar-refractivity contribution in [1.29, 1.82) is 0 Å². The van der Waals surface area contributed by atoms with E-state index in [0.717, 1.165) is 34.6 Å². The van der Waals surface area contributed by atoms with Crippen molar-refractivity contribution < 1.29 is 9.59 Å². The number of nitrogens with zero attached hydrogens (tertiary/aromatic N) is 2. The topological polar surface area (TPSA) is 90.0 Å². The molecule has 4 rings (SSSR count). The number of hydrogen-bond donors (Lipinski definition) is 2. The van der Waals surface area contributed by atoms with Crippen LogP contribution in [0.3, 0.4) is 0 Å². The molecular formula is C25H28N4O2. The lowest BCUT2D eigenvalue weighted by atomic mass is 9.75. The molecule has 0 fully saturated rings. The lowest BCUT2D eigenvalue weighted by molar-refractivity contribution is 0.0909. The number of aromatic nitrogens is 2. The minimum absolute atomic E-state index is 0.0247. The van der Waals surface area contributed by atoms with Gasteiger partial charge in [0.25, 0.3) is 5.91 Å². The minimum Gasteiger partial charge on any atom is -0.378 e. The molecule has 3 N–H and O–H groups in total. The molecule has 31 heavy (non-hydrogen) atoms. The van der Waals surface area contributed by atoms with Gasteiger partial charge < -0.3 is 11.1 Å². The molecule has 1 aliphatic rings. The van der Waals surface area contributed by atoms with E-state index in [2.05, 4.69) is 24.3 Å². The van der Waals surface area contributed by atoms with Gasteiger partial charge in [0.15, 0.2) is 5.78 Å². The Labute approximate surface area is 182 Å². The number of ketones is 1. The molecule has 0 aliphatic heterocycles. The van der Waals surface area contributed by atoms with E-state index in [1.807, 2.05) is 61.0 Å². The highest BCUT2D eigenvalue weighted by atomic mass is 16.1. The van der Waals surface area contributed by atoms with Crippen molar-refractivity contribution in [1.82, 2.24) is 9.78 Å². The molecule has 0 radical (unpaired) electrons. The summed E-state index contributed by atoms with van der Waals surface area (Å²) >= 11 is 0. The van der Waals surface area contributed by atoms with Crippen LogP contribution >= 0.6 is 0 Å². The van der Waals surface area contributed by atoms with Crippen LogP contribution in [0.2, 0.25) is 0 Å². The largest absolute Gasteiger partial charge is 0.378 e. The zero-order chi connectivity index (χ0) is 22.3. The van der Waals surface area contributed by atoms with E-state index in [1.54, 1.807) is 6.07 Å². The Morgan fingerprint density at radius 2 is 1.87 bits per heavy atom. The summed E-state index contributed by atoms with van der Waals surface area (Å²) in [6, 6.07) is 15.4. The van der Waals surface area contributed by atoms with E-state index in [9.17, 15) is 9.59 Å². The van der Waals surface area contributed by atoms with Gasteiger partial charge in [-0.15, -0.1) is 0 Å². The number of primary amides is 1. The fourth-order valence-corrected chi connectivity index (χ4v) is 4.41. The Bertz CT molecular complexity index is 1160. The van der Waals surface area contributed by atoms with Gasteiger partial charge in [0, 0.05) is 18.2 Å². The van der Waals surface area contributed by atoms with Gasteiger partial charge in [-0.25, -0.2) is 4.68 Å². The standard InChI is InChI=1S/C25H28N4O2/c1-15(17-8-6-5-7-9-17)27-20-12-18(10-11-19(20)24(26)31)29-21-13-25(3,4)14-22(30)23(21)16(2)28-29/h5-12,15,27H,13-14H2,1-4H3,(H2,26,31). The Hall–Kier alpha value is -3.41. The van der Waals surface area contributed by atoms with Crippen LogP contribution in [0.4, 0.5) is 5.69 Å². The molecule has 1 amide bonds. The molecule has 6 heteroatoms. The van der Waals surface area contributed by atoms with E-state index in [4.69, 9.17) is 5.73 Å². The maximum Gasteiger partial charge on any atom is 0.250 e. The zero-order valence-electron chi connectivity index (χ0n) is 18.4. The average molecular weight is 417 g/mol. The SMILES string of the molecule is Cc1nn(-c2ccc(C(N)=O)c(NC(C)c3ccccc3)c2)c2c1C(=O)CC(C)(C)C2. The smallest absolute Gasteiger partial charge is 0.250 e. The normalized spacial score (nSPS) is 15.9. The molecule has 1 aromatic heterocycles. The van der Waals surface area contributed by atoms with Crippen LogP contribution < -0.4 is 11.1 Å². The maximum atomic E-state index is 12.8. The third kappa shape index (κ3) is 3.98. The molecule has 1 aliphatic carbocycles. The molecule has 6 nitrogen and oxygen atoms in total. The van der Waals surface area contributed by atoms with Gasteiger partial charge in [-0.2, -0.15) is 5.10 Å². The molecule has 1 unspecified atom stereocenters. The first-order valence-corrected chi connectivity index (χ1v) is 10.5. The highest BCUT2D eigenvalue weighted by Crippen LogP contribution is 2.37. The molecule has 0 spiro atoms. The van der Waals surface area contributed by atoms with Crippen molar-refractivity contribution in [2.75, 3.05) is 5.32 Å². The van der Waals surface area contributed by atoms with Crippen LogP contribution in [0.5, 0.6) is 0 Å². The molecule has 3 aromatic rings.